The molecule has 1 aromatic heterocycles. The second kappa shape index (κ2) is 12.3. The van der Waals surface area contributed by atoms with Gasteiger partial charge in [-0.25, -0.2) is 8.42 Å². The molecular formula is C27H40N2O5SSi. The average Bonchev–Trinajstić information content (AvgIpc) is 3.13. The zero-order valence-electron chi connectivity index (χ0n) is 22.3. The number of hydrogen-bond donors (Lipinski definition) is 2. The molecule has 0 fully saturated rings. The van der Waals surface area contributed by atoms with Crippen molar-refractivity contribution in [3.05, 3.63) is 59.4 Å². The van der Waals surface area contributed by atoms with Crippen molar-refractivity contribution in [3.8, 4) is 5.75 Å². The van der Waals surface area contributed by atoms with E-state index in [9.17, 15) is 8.42 Å². The summed E-state index contributed by atoms with van der Waals surface area (Å²) in [5.74, 6) is 1.70. The summed E-state index contributed by atoms with van der Waals surface area (Å²) in [7, 11) is -5.25. The van der Waals surface area contributed by atoms with Crippen molar-refractivity contribution >= 4 is 35.0 Å². The van der Waals surface area contributed by atoms with Crippen molar-refractivity contribution in [1.82, 2.24) is 5.32 Å². The van der Waals surface area contributed by atoms with Crippen LogP contribution in [0.2, 0.25) is 18.1 Å². The average molecular weight is 533 g/mol. The lowest BCUT2D eigenvalue weighted by atomic mass is 10.1. The van der Waals surface area contributed by atoms with Gasteiger partial charge in [0, 0.05) is 30.2 Å². The van der Waals surface area contributed by atoms with Crippen LogP contribution in [0.4, 0.5) is 5.69 Å². The Morgan fingerprint density at radius 1 is 1.03 bits per heavy atom. The molecule has 3 rings (SSSR count). The van der Waals surface area contributed by atoms with Crippen molar-refractivity contribution in [2.45, 2.75) is 58.9 Å². The molecule has 1 unspecified atom stereocenters. The van der Waals surface area contributed by atoms with E-state index >= 15 is 0 Å². The SMILES string of the molecule is CC[Si](CC)(CC)OC(CNCCOc1ccc2c(C)c(C)oc2c1)c1cccc(NS(C)(=O)=O)c1. The molecular weight excluding hydrogens is 492 g/mol. The number of hydrogen-bond acceptors (Lipinski definition) is 6. The third-order valence-corrected chi connectivity index (χ3v) is 12.2. The van der Waals surface area contributed by atoms with Crippen LogP contribution in [0.1, 0.15) is 43.8 Å². The lowest BCUT2D eigenvalue weighted by Gasteiger charge is -2.34. The van der Waals surface area contributed by atoms with Crippen molar-refractivity contribution in [2.24, 2.45) is 0 Å². The van der Waals surface area contributed by atoms with Gasteiger partial charge in [0.05, 0.1) is 12.4 Å². The summed E-state index contributed by atoms with van der Waals surface area (Å²) < 4.78 is 44.6. The van der Waals surface area contributed by atoms with Crippen LogP contribution >= 0.6 is 0 Å². The number of fused-ring (bicyclic) bond motifs is 1. The van der Waals surface area contributed by atoms with Crippen LogP contribution in [-0.4, -0.2) is 42.7 Å². The first kappa shape index (κ1) is 28.2. The highest BCUT2D eigenvalue weighted by molar-refractivity contribution is 7.92. The van der Waals surface area contributed by atoms with Crippen LogP contribution in [0.3, 0.4) is 0 Å². The zero-order chi connectivity index (χ0) is 26.3. The van der Waals surface area contributed by atoms with Gasteiger partial charge in [0.2, 0.25) is 10.0 Å². The van der Waals surface area contributed by atoms with Gasteiger partial charge in [-0.15, -0.1) is 0 Å². The zero-order valence-corrected chi connectivity index (χ0v) is 24.1. The van der Waals surface area contributed by atoms with E-state index in [1.165, 1.54) is 0 Å². The van der Waals surface area contributed by atoms with E-state index in [-0.39, 0.29) is 6.10 Å². The molecule has 0 radical (unpaired) electrons. The maximum atomic E-state index is 11.7. The highest BCUT2D eigenvalue weighted by Crippen LogP contribution is 2.31. The summed E-state index contributed by atoms with van der Waals surface area (Å²) in [5, 5.41) is 4.59. The van der Waals surface area contributed by atoms with E-state index in [0.717, 1.165) is 58.0 Å². The van der Waals surface area contributed by atoms with Gasteiger partial charge in [-0.2, -0.15) is 0 Å². The third kappa shape index (κ3) is 7.35. The van der Waals surface area contributed by atoms with Crippen molar-refractivity contribution in [2.75, 3.05) is 30.7 Å². The Morgan fingerprint density at radius 2 is 1.75 bits per heavy atom. The second-order valence-corrected chi connectivity index (χ2v) is 15.8. The van der Waals surface area contributed by atoms with Crippen LogP contribution in [0.25, 0.3) is 11.0 Å². The fourth-order valence-electron chi connectivity index (χ4n) is 4.44. The van der Waals surface area contributed by atoms with E-state index in [4.69, 9.17) is 13.6 Å². The van der Waals surface area contributed by atoms with Gasteiger partial charge in [0.25, 0.3) is 0 Å². The third-order valence-electron chi connectivity index (χ3n) is 6.91. The summed E-state index contributed by atoms with van der Waals surface area (Å²) in [6, 6.07) is 16.5. The summed E-state index contributed by atoms with van der Waals surface area (Å²) in [4.78, 5) is 0. The lowest BCUT2D eigenvalue weighted by Crippen LogP contribution is -2.40. The number of furan rings is 1. The second-order valence-electron chi connectivity index (χ2n) is 9.34. The van der Waals surface area contributed by atoms with E-state index in [1.807, 2.05) is 43.3 Å². The summed E-state index contributed by atoms with van der Waals surface area (Å²) in [6.45, 7) is 12.4. The molecule has 2 aromatic carbocycles. The largest absolute Gasteiger partial charge is 0.492 e. The number of sulfonamides is 1. The fourth-order valence-corrected chi connectivity index (χ4v) is 7.82. The van der Waals surface area contributed by atoms with Gasteiger partial charge in [-0.05, 0) is 67.4 Å². The molecule has 2 N–H and O–H groups in total. The molecule has 0 saturated carbocycles. The molecule has 1 heterocycles. The Morgan fingerprint density at radius 3 is 2.42 bits per heavy atom. The van der Waals surface area contributed by atoms with Gasteiger partial charge in [-0.3, -0.25) is 4.72 Å². The number of ether oxygens (including phenoxy) is 1. The first-order chi connectivity index (χ1) is 17.1. The number of rotatable bonds is 14. The number of aryl methyl sites for hydroxylation is 2. The molecule has 0 saturated heterocycles. The lowest BCUT2D eigenvalue weighted by molar-refractivity contribution is 0.183. The van der Waals surface area contributed by atoms with Gasteiger partial charge in [0.1, 0.15) is 23.7 Å². The van der Waals surface area contributed by atoms with Crippen molar-refractivity contribution in [3.63, 3.8) is 0 Å². The first-order valence-electron chi connectivity index (χ1n) is 12.7. The molecule has 0 spiro atoms. The minimum absolute atomic E-state index is 0.178. The molecule has 0 amide bonds. The minimum atomic E-state index is -3.36. The monoisotopic (exact) mass is 532 g/mol. The van der Waals surface area contributed by atoms with Crippen LogP contribution < -0.4 is 14.8 Å². The number of benzene rings is 2. The molecule has 198 valence electrons. The maximum Gasteiger partial charge on any atom is 0.229 e. The molecule has 0 aliphatic rings. The molecule has 0 aliphatic heterocycles. The van der Waals surface area contributed by atoms with Gasteiger partial charge >= 0.3 is 0 Å². The molecule has 1 atom stereocenters. The standard InChI is InChI=1S/C27H40N2O5SSi/c1-7-36(8-2,9-3)34-27(22-11-10-12-23(17-22)29-35(6,30)31)19-28-15-16-32-24-13-14-25-20(4)21(5)33-26(25)18-24/h10-14,17-18,27-29H,7-9,15-16,19H2,1-6H3. The Balaban J connectivity index is 1.66. The Hall–Kier alpha value is -2.33. The van der Waals surface area contributed by atoms with Crippen LogP contribution in [0, 0.1) is 13.8 Å². The molecule has 7 nitrogen and oxygen atoms in total. The molecule has 36 heavy (non-hydrogen) atoms. The van der Waals surface area contributed by atoms with Gasteiger partial charge < -0.3 is 18.9 Å². The van der Waals surface area contributed by atoms with E-state index in [1.54, 1.807) is 6.07 Å². The quantitative estimate of drug-likeness (QED) is 0.191. The normalized spacial score (nSPS) is 13.2. The first-order valence-corrected chi connectivity index (χ1v) is 17.1. The molecule has 3 aromatic rings. The highest BCUT2D eigenvalue weighted by atomic mass is 32.2. The summed E-state index contributed by atoms with van der Waals surface area (Å²) >= 11 is 0. The number of anilines is 1. The van der Waals surface area contributed by atoms with Crippen molar-refractivity contribution in [1.29, 1.82) is 0 Å². The van der Waals surface area contributed by atoms with E-state index in [0.29, 0.717) is 25.4 Å². The summed E-state index contributed by atoms with van der Waals surface area (Å²) in [5.41, 5.74) is 3.50. The number of nitrogens with one attached hydrogen (secondary N) is 2. The van der Waals surface area contributed by atoms with Crippen LogP contribution in [0.15, 0.2) is 46.9 Å². The van der Waals surface area contributed by atoms with Gasteiger partial charge in [-0.1, -0.05) is 32.9 Å². The maximum absolute atomic E-state index is 11.7. The molecule has 0 bridgehead atoms. The Bertz CT molecular complexity index is 1250. The van der Waals surface area contributed by atoms with Crippen molar-refractivity contribution < 1.29 is 22.0 Å². The predicted octanol–water partition coefficient (Wildman–Crippen LogP) is 6.15. The molecule has 0 aliphatic carbocycles. The minimum Gasteiger partial charge on any atom is -0.492 e. The smallest absolute Gasteiger partial charge is 0.229 e. The topological polar surface area (TPSA) is 89.8 Å². The van der Waals surface area contributed by atoms with Crippen LogP contribution in [0.5, 0.6) is 5.75 Å². The molecule has 9 heteroatoms. The Kier molecular flexibility index (Phi) is 9.63. The fraction of sp³-hybridized carbons (Fsp3) is 0.481. The highest BCUT2D eigenvalue weighted by Gasteiger charge is 2.32. The Labute approximate surface area is 216 Å². The van der Waals surface area contributed by atoms with E-state index < -0.39 is 18.3 Å². The van der Waals surface area contributed by atoms with Gasteiger partial charge in [0.15, 0.2) is 8.32 Å². The predicted molar refractivity (Wildman–Crippen MR) is 150 cm³/mol. The van der Waals surface area contributed by atoms with E-state index in [2.05, 4.69) is 37.7 Å². The van der Waals surface area contributed by atoms with Crippen LogP contribution in [-0.2, 0) is 14.4 Å². The summed E-state index contributed by atoms with van der Waals surface area (Å²) in [6.07, 6.45) is 0.980.